The molecule has 0 aliphatic carbocycles. The summed E-state index contributed by atoms with van der Waals surface area (Å²) in [5, 5.41) is 0. The number of furan rings is 1. The predicted molar refractivity (Wildman–Crippen MR) is 73.7 cm³/mol. The lowest BCUT2D eigenvalue weighted by Gasteiger charge is -2.21. The van der Waals surface area contributed by atoms with Crippen LogP contribution in [0.5, 0.6) is 0 Å². The zero-order valence-electron chi connectivity index (χ0n) is 11.0. The van der Waals surface area contributed by atoms with Gasteiger partial charge in [-0.2, -0.15) is 0 Å². The number of carbonyl (C=O) groups excluding carboxylic acids is 1. The van der Waals surface area contributed by atoms with E-state index in [0.717, 1.165) is 11.1 Å². The number of hydrogen-bond acceptors (Lipinski definition) is 3. The highest BCUT2D eigenvalue weighted by molar-refractivity contribution is 5.92. The molecule has 4 nitrogen and oxygen atoms in total. The molecule has 0 unspecified atom stereocenters. The lowest BCUT2D eigenvalue weighted by atomic mass is 10.2. The number of rotatable bonds is 5. The third kappa shape index (κ3) is 3.23. The minimum absolute atomic E-state index is 0.114. The van der Waals surface area contributed by atoms with E-state index in [2.05, 4.69) is 0 Å². The average molecular weight is 258 g/mol. The fraction of sp³-hybridized carbons (Fsp3) is 0.267. The summed E-state index contributed by atoms with van der Waals surface area (Å²) in [6, 6.07) is 11.6. The zero-order valence-corrected chi connectivity index (χ0v) is 11.0. The van der Waals surface area contributed by atoms with Gasteiger partial charge in [-0.3, -0.25) is 4.79 Å². The summed E-state index contributed by atoms with van der Waals surface area (Å²) < 4.78 is 5.26. The van der Waals surface area contributed by atoms with Crippen LogP contribution >= 0.6 is 0 Å². The van der Waals surface area contributed by atoms with Crippen LogP contribution in [0.1, 0.15) is 21.7 Å². The van der Waals surface area contributed by atoms with E-state index in [1.807, 2.05) is 37.3 Å². The molecular formula is C15H18N2O2. The normalized spacial score (nSPS) is 10.4. The molecule has 0 bridgehead atoms. The summed E-state index contributed by atoms with van der Waals surface area (Å²) >= 11 is 0. The zero-order chi connectivity index (χ0) is 13.7. The Morgan fingerprint density at radius 2 is 2.00 bits per heavy atom. The number of carbonyl (C=O) groups is 1. The molecule has 2 N–H and O–H groups in total. The van der Waals surface area contributed by atoms with Crippen LogP contribution < -0.4 is 5.73 Å². The van der Waals surface area contributed by atoms with Crippen molar-refractivity contribution in [3.05, 3.63) is 59.5 Å². The van der Waals surface area contributed by atoms with Gasteiger partial charge >= 0.3 is 0 Å². The van der Waals surface area contributed by atoms with Gasteiger partial charge in [0.1, 0.15) is 0 Å². The molecular weight excluding hydrogens is 240 g/mol. The Labute approximate surface area is 112 Å². The Kier molecular flexibility index (Phi) is 4.36. The average Bonchev–Trinajstić information content (AvgIpc) is 2.85. The molecule has 2 rings (SSSR count). The first-order chi connectivity index (χ1) is 9.22. The number of nitrogens with zero attached hydrogens (tertiary/aromatic N) is 1. The fourth-order valence-corrected chi connectivity index (χ4v) is 1.95. The van der Waals surface area contributed by atoms with Crippen molar-refractivity contribution in [2.75, 3.05) is 13.1 Å². The van der Waals surface area contributed by atoms with E-state index in [0.29, 0.717) is 25.4 Å². The lowest BCUT2D eigenvalue weighted by molar-refractivity contribution is 0.0715. The Morgan fingerprint density at radius 1 is 1.26 bits per heavy atom. The van der Waals surface area contributed by atoms with Crippen LogP contribution in [0, 0.1) is 6.92 Å². The van der Waals surface area contributed by atoms with E-state index in [1.54, 1.807) is 11.0 Å². The molecule has 0 radical (unpaired) electrons. The molecule has 1 amide bonds. The molecule has 1 aromatic carbocycles. The van der Waals surface area contributed by atoms with Gasteiger partial charge in [-0.15, -0.1) is 0 Å². The standard InChI is InChI=1S/C15H18N2O2/c1-12-7-10-19-14(12)15(18)17(9-8-16)11-13-5-3-2-4-6-13/h2-7,10H,8-9,11,16H2,1H3. The minimum atomic E-state index is -0.114. The molecule has 0 fully saturated rings. The molecule has 0 saturated heterocycles. The van der Waals surface area contributed by atoms with Gasteiger partial charge < -0.3 is 15.1 Å². The summed E-state index contributed by atoms with van der Waals surface area (Å²) in [6.45, 7) is 3.34. The molecule has 0 saturated carbocycles. The molecule has 0 atom stereocenters. The van der Waals surface area contributed by atoms with E-state index < -0.39 is 0 Å². The highest BCUT2D eigenvalue weighted by Crippen LogP contribution is 2.14. The second-order valence-corrected chi connectivity index (χ2v) is 4.43. The number of hydrogen-bond donors (Lipinski definition) is 1. The highest BCUT2D eigenvalue weighted by atomic mass is 16.3. The van der Waals surface area contributed by atoms with Gasteiger partial charge in [-0.05, 0) is 18.6 Å². The Hall–Kier alpha value is -2.07. The lowest BCUT2D eigenvalue weighted by Crippen LogP contribution is -2.35. The predicted octanol–water partition coefficient (Wildman–Crippen LogP) is 2.19. The van der Waals surface area contributed by atoms with Gasteiger partial charge in [0.2, 0.25) is 0 Å². The van der Waals surface area contributed by atoms with Crippen LogP contribution in [0.3, 0.4) is 0 Å². The van der Waals surface area contributed by atoms with Gasteiger partial charge in [0.15, 0.2) is 5.76 Å². The Bertz CT molecular complexity index is 534. The summed E-state index contributed by atoms with van der Waals surface area (Å²) in [6.07, 6.45) is 1.53. The van der Waals surface area contributed by atoms with E-state index in [1.165, 1.54) is 6.26 Å². The second kappa shape index (κ2) is 6.20. The summed E-state index contributed by atoms with van der Waals surface area (Å²) in [5.41, 5.74) is 7.51. The molecule has 1 heterocycles. The van der Waals surface area contributed by atoms with Gasteiger partial charge in [0.05, 0.1) is 6.26 Å². The summed E-state index contributed by atoms with van der Waals surface area (Å²) in [4.78, 5) is 14.1. The van der Waals surface area contributed by atoms with Crippen molar-refractivity contribution < 1.29 is 9.21 Å². The van der Waals surface area contributed by atoms with Crippen molar-refractivity contribution in [1.82, 2.24) is 4.90 Å². The fourth-order valence-electron chi connectivity index (χ4n) is 1.95. The first-order valence-electron chi connectivity index (χ1n) is 6.29. The molecule has 100 valence electrons. The number of nitrogens with two attached hydrogens (primary N) is 1. The van der Waals surface area contributed by atoms with Crippen LogP contribution in [0.4, 0.5) is 0 Å². The van der Waals surface area contributed by atoms with Gasteiger partial charge in [0.25, 0.3) is 5.91 Å². The van der Waals surface area contributed by atoms with E-state index in [4.69, 9.17) is 10.2 Å². The number of benzene rings is 1. The summed E-state index contributed by atoms with van der Waals surface area (Å²) in [5.74, 6) is 0.279. The Morgan fingerprint density at radius 3 is 2.58 bits per heavy atom. The molecule has 2 aromatic rings. The largest absolute Gasteiger partial charge is 0.459 e. The maximum Gasteiger partial charge on any atom is 0.290 e. The first-order valence-corrected chi connectivity index (χ1v) is 6.29. The van der Waals surface area contributed by atoms with E-state index in [-0.39, 0.29) is 5.91 Å². The van der Waals surface area contributed by atoms with Gasteiger partial charge in [0, 0.05) is 25.2 Å². The molecule has 19 heavy (non-hydrogen) atoms. The maximum atomic E-state index is 12.4. The topological polar surface area (TPSA) is 59.5 Å². The van der Waals surface area contributed by atoms with Crippen molar-refractivity contribution in [2.45, 2.75) is 13.5 Å². The quantitative estimate of drug-likeness (QED) is 0.894. The summed E-state index contributed by atoms with van der Waals surface area (Å²) in [7, 11) is 0. The van der Waals surface area contributed by atoms with Crippen LogP contribution in [-0.2, 0) is 6.54 Å². The maximum absolute atomic E-state index is 12.4. The molecule has 4 heteroatoms. The van der Waals surface area contributed by atoms with Crippen LogP contribution in [0.15, 0.2) is 47.1 Å². The minimum Gasteiger partial charge on any atom is -0.459 e. The number of amides is 1. The molecule has 0 aliphatic rings. The Balaban J connectivity index is 2.16. The smallest absolute Gasteiger partial charge is 0.290 e. The van der Waals surface area contributed by atoms with Crippen LogP contribution in [-0.4, -0.2) is 23.9 Å². The third-order valence-corrected chi connectivity index (χ3v) is 2.96. The second-order valence-electron chi connectivity index (χ2n) is 4.43. The van der Waals surface area contributed by atoms with Gasteiger partial charge in [-0.25, -0.2) is 0 Å². The van der Waals surface area contributed by atoms with Crippen molar-refractivity contribution in [3.63, 3.8) is 0 Å². The van der Waals surface area contributed by atoms with Crippen LogP contribution in [0.2, 0.25) is 0 Å². The van der Waals surface area contributed by atoms with Gasteiger partial charge in [-0.1, -0.05) is 30.3 Å². The van der Waals surface area contributed by atoms with Crippen molar-refractivity contribution in [2.24, 2.45) is 5.73 Å². The highest BCUT2D eigenvalue weighted by Gasteiger charge is 2.20. The van der Waals surface area contributed by atoms with Crippen molar-refractivity contribution >= 4 is 5.91 Å². The van der Waals surface area contributed by atoms with Crippen molar-refractivity contribution in [1.29, 1.82) is 0 Å². The SMILES string of the molecule is Cc1ccoc1C(=O)N(CCN)Cc1ccccc1. The molecule has 1 aromatic heterocycles. The molecule has 0 aliphatic heterocycles. The van der Waals surface area contributed by atoms with E-state index >= 15 is 0 Å². The third-order valence-electron chi connectivity index (χ3n) is 2.96. The first kappa shape index (κ1) is 13.4. The molecule has 0 spiro atoms. The van der Waals surface area contributed by atoms with Crippen LogP contribution in [0.25, 0.3) is 0 Å². The number of aryl methyl sites for hydroxylation is 1. The van der Waals surface area contributed by atoms with E-state index in [9.17, 15) is 4.79 Å². The monoisotopic (exact) mass is 258 g/mol. The van der Waals surface area contributed by atoms with Crippen molar-refractivity contribution in [3.8, 4) is 0 Å².